The zero-order valence-electron chi connectivity index (χ0n) is 11.1. The van der Waals surface area contributed by atoms with Gasteiger partial charge in [0.25, 0.3) is 0 Å². The predicted molar refractivity (Wildman–Crippen MR) is 68.1 cm³/mol. The molecule has 17 heavy (non-hydrogen) atoms. The van der Waals surface area contributed by atoms with Crippen LogP contribution in [0.1, 0.15) is 13.3 Å². The number of carbonyl (C=O) groups is 1. The van der Waals surface area contributed by atoms with E-state index < -0.39 is 0 Å². The molecule has 0 radical (unpaired) electrons. The van der Waals surface area contributed by atoms with E-state index in [1.165, 1.54) is 0 Å². The van der Waals surface area contributed by atoms with Gasteiger partial charge >= 0.3 is 0 Å². The van der Waals surface area contributed by atoms with Gasteiger partial charge in [0.1, 0.15) is 0 Å². The second-order valence-electron chi connectivity index (χ2n) is 4.38. The van der Waals surface area contributed by atoms with Crippen LogP contribution >= 0.6 is 0 Å². The van der Waals surface area contributed by atoms with Crippen LogP contribution in [0.25, 0.3) is 0 Å². The van der Waals surface area contributed by atoms with Crippen molar-refractivity contribution in [2.75, 3.05) is 59.5 Å². The first-order valence-electron chi connectivity index (χ1n) is 6.48. The summed E-state index contributed by atoms with van der Waals surface area (Å²) in [7, 11) is 2.03. The monoisotopic (exact) mass is 243 g/mol. The van der Waals surface area contributed by atoms with Crippen molar-refractivity contribution in [3.05, 3.63) is 0 Å². The van der Waals surface area contributed by atoms with Crippen molar-refractivity contribution >= 4 is 5.91 Å². The fraction of sp³-hybridized carbons (Fsp3) is 0.917. The zero-order valence-corrected chi connectivity index (χ0v) is 11.1. The molecule has 100 valence electrons. The predicted octanol–water partition coefficient (Wildman–Crippen LogP) is -0.223. The number of carbonyl (C=O) groups excluding carboxylic acids is 1. The molecule has 0 spiro atoms. The average Bonchev–Trinajstić information content (AvgIpc) is 2.37. The van der Waals surface area contributed by atoms with Crippen molar-refractivity contribution in [3.8, 4) is 0 Å². The topological polar surface area (TPSA) is 44.8 Å². The van der Waals surface area contributed by atoms with Crippen molar-refractivity contribution in [1.29, 1.82) is 0 Å². The molecule has 0 unspecified atom stereocenters. The molecule has 0 saturated carbocycles. The van der Waals surface area contributed by atoms with E-state index in [2.05, 4.69) is 10.2 Å². The maximum atomic E-state index is 11.9. The number of ether oxygens (including phenoxy) is 1. The third-order valence-corrected chi connectivity index (χ3v) is 3.00. The highest BCUT2D eigenvalue weighted by atomic mass is 16.5. The first-order valence-corrected chi connectivity index (χ1v) is 6.48. The third kappa shape index (κ3) is 6.00. The number of amides is 1. The lowest BCUT2D eigenvalue weighted by Gasteiger charge is -2.28. The SMILES string of the molecule is CCOCCN(C)CCC(=O)N1CCNCC1. The van der Waals surface area contributed by atoms with Crippen molar-refractivity contribution in [2.45, 2.75) is 13.3 Å². The van der Waals surface area contributed by atoms with Gasteiger partial charge in [-0.2, -0.15) is 0 Å². The minimum absolute atomic E-state index is 0.273. The second-order valence-corrected chi connectivity index (χ2v) is 4.38. The highest BCUT2D eigenvalue weighted by Crippen LogP contribution is 1.98. The van der Waals surface area contributed by atoms with Crippen molar-refractivity contribution in [3.63, 3.8) is 0 Å². The van der Waals surface area contributed by atoms with Gasteiger partial charge in [-0.1, -0.05) is 0 Å². The molecule has 5 nitrogen and oxygen atoms in total. The molecule has 1 aliphatic heterocycles. The van der Waals surface area contributed by atoms with Crippen molar-refractivity contribution in [2.24, 2.45) is 0 Å². The van der Waals surface area contributed by atoms with Gasteiger partial charge in [0, 0.05) is 52.3 Å². The molecule has 0 atom stereocenters. The van der Waals surface area contributed by atoms with Crippen LogP contribution in [-0.2, 0) is 9.53 Å². The number of hydrogen-bond acceptors (Lipinski definition) is 4. The van der Waals surface area contributed by atoms with Crippen LogP contribution in [0.5, 0.6) is 0 Å². The molecule has 0 aromatic carbocycles. The lowest BCUT2D eigenvalue weighted by molar-refractivity contribution is -0.132. The van der Waals surface area contributed by atoms with Gasteiger partial charge < -0.3 is 19.9 Å². The van der Waals surface area contributed by atoms with Crippen LogP contribution in [0.3, 0.4) is 0 Å². The fourth-order valence-electron chi connectivity index (χ4n) is 1.84. The fourth-order valence-corrected chi connectivity index (χ4v) is 1.84. The number of nitrogens with zero attached hydrogens (tertiary/aromatic N) is 2. The summed E-state index contributed by atoms with van der Waals surface area (Å²) in [6, 6.07) is 0. The molecule has 1 aliphatic rings. The summed E-state index contributed by atoms with van der Waals surface area (Å²) in [5, 5.41) is 3.25. The van der Waals surface area contributed by atoms with Crippen LogP contribution < -0.4 is 5.32 Å². The number of hydrogen-bond donors (Lipinski definition) is 1. The number of nitrogens with one attached hydrogen (secondary N) is 1. The summed E-state index contributed by atoms with van der Waals surface area (Å²) in [5.74, 6) is 0.273. The third-order valence-electron chi connectivity index (χ3n) is 3.00. The normalized spacial score (nSPS) is 16.5. The van der Waals surface area contributed by atoms with Gasteiger partial charge in [-0.05, 0) is 14.0 Å². The lowest BCUT2D eigenvalue weighted by atomic mass is 10.3. The second kappa shape index (κ2) is 8.44. The highest BCUT2D eigenvalue weighted by molar-refractivity contribution is 5.76. The molecular weight excluding hydrogens is 218 g/mol. The van der Waals surface area contributed by atoms with Gasteiger partial charge in [0.2, 0.25) is 5.91 Å². The summed E-state index contributed by atoms with van der Waals surface area (Å²) in [6.07, 6.45) is 0.614. The number of rotatable bonds is 7. The van der Waals surface area contributed by atoms with Gasteiger partial charge in [0.05, 0.1) is 6.61 Å². The Morgan fingerprint density at radius 2 is 2.06 bits per heavy atom. The maximum Gasteiger partial charge on any atom is 0.223 e. The highest BCUT2D eigenvalue weighted by Gasteiger charge is 2.15. The standard InChI is InChI=1S/C12H25N3O2/c1-3-17-11-10-14(2)7-4-12(16)15-8-5-13-6-9-15/h13H,3-11H2,1-2H3. The summed E-state index contributed by atoms with van der Waals surface area (Å²) >= 11 is 0. The van der Waals surface area contributed by atoms with Crippen molar-refractivity contribution < 1.29 is 9.53 Å². The average molecular weight is 243 g/mol. The Balaban J connectivity index is 2.09. The van der Waals surface area contributed by atoms with Gasteiger partial charge in [-0.3, -0.25) is 4.79 Å². The summed E-state index contributed by atoms with van der Waals surface area (Å²) in [4.78, 5) is 16.0. The maximum absolute atomic E-state index is 11.9. The molecule has 1 saturated heterocycles. The minimum Gasteiger partial charge on any atom is -0.380 e. The molecule has 0 bridgehead atoms. The van der Waals surface area contributed by atoms with Crippen LogP contribution in [0.4, 0.5) is 0 Å². The lowest BCUT2D eigenvalue weighted by Crippen LogP contribution is -2.47. The molecule has 1 N–H and O–H groups in total. The molecule has 0 aliphatic carbocycles. The van der Waals surface area contributed by atoms with E-state index in [-0.39, 0.29) is 5.91 Å². The molecular formula is C12H25N3O2. The molecule has 5 heteroatoms. The molecule has 0 aromatic heterocycles. The molecule has 1 heterocycles. The summed E-state index contributed by atoms with van der Waals surface area (Å²) in [5.41, 5.74) is 0. The first-order chi connectivity index (χ1) is 8.24. The Labute approximate surface area is 104 Å². The van der Waals surface area contributed by atoms with E-state index in [0.29, 0.717) is 6.42 Å². The Kier molecular flexibility index (Phi) is 7.16. The Hall–Kier alpha value is -0.650. The number of piperazine rings is 1. The van der Waals surface area contributed by atoms with E-state index >= 15 is 0 Å². The smallest absolute Gasteiger partial charge is 0.223 e. The Morgan fingerprint density at radius 1 is 1.35 bits per heavy atom. The van der Waals surface area contributed by atoms with E-state index in [1.807, 2.05) is 18.9 Å². The molecule has 0 aromatic rings. The molecule has 1 rings (SSSR count). The van der Waals surface area contributed by atoms with Crippen LogP contribution in [0.2, 0.25) is 0 Å². The van der Waals surface area contributed by atoms with Gasteiger partial charge in [-0.25, -0.2) is 0 Å². The van der Waals surface area contributed by atoms with Crippen LogP contribution in [-0.4, -0.2) is 75.2 Å². The van der Waals surface area contributed by atoms with Gasteiger partial charge in [0.15, 0.2) is 0 Å². The number of likely N-dealkylation sites (N-methyl/N-ethyl adjacent to an activating group) is 1. The molecule has 1 amide bonds. The largest absolute Gasteiger partial charge is 0.380 e. The summed E-state index contributed by atoms with van der Waals surface area (Å²) in [6.45, 7) is 8.75. The van der Waals surface area contributed by atoms with E-state index in [9.17, 15) is 4.79 Å². The zero-order chi connectivity index (χ0) is 12.5. The Bertz CT molecular complexity index is 218. The summed E-state index contributed by atoms with van der Waals surface area (Å²) < 4.78 is 5.28. The minimum atomic E-state index is 0.273. The van der Waals surface area contributed by atoms with Gasteiger partial charge in [-0.15, -0.1) is 0 Å². The Morgan fingerprint density at radius 3 is 2.71 bits per heavy atom. The van der Waals surface area contributed by atoms with E-state index in [1.54, 1.807) is 0 Å². The first kappa shape index (κ1) is 14.4. The quantitative estimate of drug-likeness (QED) is 0.628. The molecule has 1 fully saturated rings. The van der Waals surface area contributed by atoms with E-state index in [4.69, 9.17) is 4.74 Å². The van der Waals surface area contributed by atoms with Crippen LogP contribution in [0, 0.1) is 0 Å². The van der Waals surface area contributed by atoms with E-state index in [0.717, 1.165) is 52.5 Å². The van der Waals surface area contributed by atoms with Crippen LogP contribution in [0.15, 0.2) is 0 Å². The van der Waals surface area contributed by atoms with Crippen molar-refractivity contribution in [1.82, 2.24) is 15.1 Å².